The summed E-state index contributed by atoms with van der Waals surface area (Å²) in [5.74, 6) is 0.911. The van der Waals surface area contributed by atoms with Crippen LogP contribution in [0.1, 0.15) is 55.7 Å². The molecule has 0 amide bonds. The van der Waals surface area contributed by atoms with E-state index in [0.29, 0.717) is 0 Å². The number of hydrogen-bond donors (Lipinski definition) is 1. The van der Waals surface area contributed by atoms with Crippen LogP contribution in [0.3, 0.4) is 0 Å². The van der Waals surface area contributed by atoms with Crippen LogP contribution < -0.4 is 5.32 Å². The van der Waals surface area contributed by atoms with Gasteiger partial charge in [0.2, 0.25) is 0 Å². The summed E-state index contributed by atoms with van der Waals surface area (Å²) in [4.78, 5) is 5.56. The maximum atomic E-state index is 3.48. The van der Waals surface area contributed by atoms with Crippen LogP contribution in [0.4, 0.5) is 0 Å². The van der Waals surface area contributed by atoms with Crippen LogP contribution in [0.2, 0.25) is 0 Å². The summed E-state index contributed by atoms with van der Waals surface area (Å²) < 4.78 is 0. The predicted octanol–water partition coefficient (Wildman–Crippen LogP) is 4.26. The number of nitrogens with one attached hydrogen (secondary N) is 1. The average Bonchev–Trinajstić information content (AvgIpc) is 2.86. The van der Waals surface area contributed by atoms with Gasteiger partial charge < -0.3 is 5.32 Å². The Bertz CT molecular complexity index is 388. The fraction of sp³-hybridized carbons (Fsp3) is 0.765. The van der Waals surface area contributed by atoms with Gasteiger partial charge in [-0.1, -0.05) is 26.7 Å². The third-order valence-electron chi connectivity index (χ3n) is 4.38. The van der Waals surface area contributed by atoms with Crippen molar-refractivity contribution in [3.05, 3.63) is 21.9 Å². The molecule has 1 fully saturated rings. The molecule has 2 unspecified atom stereocenters. The van der Waals surface area contributed by atoms with Gasteiger partial charge in [0.25, 0.3) is 0 Å². The molecule has 1 aromatic rings. The van der Waals surface area contributed by atoms with Crippen molar-refractivity contribution < 1.29 is 0 Å². The number of hydrogen-bond acceptors (Lipinski definition) is 3. The van der Waals surface area contributed by atoms with Gasteiger partial charge in [-0.05, 0) is 50.9 Å². The summed E-state index contributed by atoms with van der Waals surface area (Å²) in [7, 11) is 2.30. The predicted molar refractivity (Wildman–Crippen MR) is 89.2 cm³/mol. The highest BCUT2D eigenvalue weighted by molar-refractivity contribution is 7.11. The highest BCUT2D eigenvalue weighted by Gasteiger charge is 2.22. The van der Waals surface area contributed by atoms with E-state index >= 15 is 0 Å². The first-order valence-electron chi connectivity index (χ1n) is 8.17. The van der Waals surface area contributed by atoms with Crippen LogP contribution in [0.5, 0.6) is 0 Å². The zero-order chi connectivity index (χ0) is 14.4. The minimum absolute atomic E-state index is 0.794. The van der Waals surface area contributed by atoms with Crippen LogP contribution >= 0.6 is 11.3 Å². The van der Waals surface area contributed by atoms with Crippen molar-refractivity contribution in [1.29, 1.82) is 0 Å². The molecule has 0 aromatic carbocycles. The molecule has 1 N–H and O–H groups in total. The zero-order valence-electron chi connectivity index (χ0n) is 13.3. The summed E-state index contributed by atoms with van der Waals surface area (Å²) >= 11 is 1.97. The van der Waals surface area contributed by atoms with E-state index in [0.717, 1.165) is 31.6 Å². The molecule has 2 rings (SSSR count). The van der Waals surface area contributed by atoms with Crippen LogP contribution in [-0.2, 0) is 13.1 Å². The summed E-state index contributed by atoms with van der Waals surface area (Å²) in [5, 5.41) is 3.48. The van der Waals surface area contributed by atoms with E-state index < -0.39 is 0 Å². The standard InChI is InChI=1S/C17H30N2S/c1-4-10-18-12-16-8-9-17(20-16)13-19(3)15-7-5-6-14(2)11-15/h8-9,14-15,18H,4-7,10-13H2,1-3H3. The van der Waals surface area contributed by atoms with Gasteiger partial charge in [0.1, 0.15) is 0 Å². The Morgan fingerprint density at radius 3 is 2.85 bits per heavy atom. The van der Waals surface area contributed by atoms with Gasteiger partial charge in [0.05, 0.1) is 0 Å². The summed E-state index contributed by atoms with van der Waals surface area (Å²) in [6.45, 7) is 7.89. The van der Waals surface area contributed by atoms with Crippen molar-refractivity contribution in [2.45, 2.75) is 65.1 Å². The van der Waals surface area contributed by atoms with E-state index in [1.165, 1.54) is 41.9 Å². The maximum absolute atomic E-state index is 3.48. The summed E-state index contributed by atoms with van der Waals surface area (Å²) in [6, 6.07) is 5.40. The van der Waals surface area contributed by atoms with Crippen molar-refractivity contribution in [3.8, 4) is 0 Å². The second kappa shape index (κ2) is 8.16. The number of thiophene rings is 1. The van der Waals surface area contributed by atoms with Gasteiger partial charge in [0.15, 0.2) is 0 Å². The van der Waals surface area contributed by atoms with Gasteiger partial charge in [0, 0.05) is 28.9 Å². The van der Waals surface area contributed by atoms with Crippen molar-refractivity contribution in [3.63, 3.8) is 0 Å². The molecule has 1 aliphatic rings. The molecule has 3 heteroatoms. The van der Waals surface area contributed by atoms with Gasteiger partial charge in [-0.2, -0.15) is 0 Å². The molecule has 2 nitrogen and oxygen atoms in total. The molecule has 1 saturated carbocycles. The lowest BCUT2D eigenvalue weighted by Gasteiger charge is -2.33. The van der Waals surface area contributed by atoms with Gasteiger partial charge >= 0.3 is 0 Å². The molecule has 2 atom stereocenters. The van der Waals surface area contributed by atoms with Crippen LogP contribution in [0, 0.1) is 5.92 Å². The van der Waals surface area contributed by atoms with Gasteiger partial charge in [-0.3, -0.25) is 4.90 Å². The topological polar surface area (TPSA) is 15.3 Å². The fourth-order valence-electron chi connectivity index (χ4n) is 3.17. The molecule has 0 aliphatic heterocycles. The number of rotatable bonds is 7. The SMILES string of the molecule is CCCNCc1ccc(CN(C)C2CCCC(C)C2)s1. The van der Waals surface area contributed by atoms with Crippen LogP contribution in [0.15, 0.2) is 12.1 Å². The Hall–Kier alpha value is -0.380. The average molecular weight is 295 g/mol. The van der Waals surface area contributed by atoms with Crippen molar-refractivity contribution in [1.82, 2.24) is 10.2 Å². The lowest BCUT2D eigenvalue weighted by Crippen LogP contribution is -2.34. The first-order chi connectivity index (χ1) is 9.69. The molecule has 1 aliphatic carbocycles. The van der Waals surface area contributed by atoms with Crippen molar-refractivity contribution in [2.24, 2.45) is 5.92 Å². The van der Waals surface area contributed by atoms with E-state index in [2.05, 4.69) is 43.2 Å². The Labute approximate surface area is 128 Å². The Balaban J connectivity index is 1.80. The second-order valence-corrected chi connectivity index (χ2v) is 7.64. The smallest absolute Gasteiger partial charge is 0.0327 e. The molecular formula is C17H30N2S. The lowest BCUT2D eigenvalue weighted by molar-refractivity contribution is 0.159. The molecule has 114 valence electrons. The van der Waals surface area contributed by atoms with Crippen molar-refractivity contribution in [2.75, 3.05) is 13.6 Å². The Kier molecular flexibility index (Phi) is 6.53. The largest absolute Gasteiger partial charge is 0.312 e. The molecule has 20 heavy (non-hydrogen) atoms. The van der Waals surface area contributed by atoms with E-state index in [9.17, 15) is 0 Å². The van der Waals surface area contributed by atoms with Crippen LogP contribution in [0.25, 0.3) is 0 Å². The van der Waals surface area contributed by atoms with E-state index in [1.54, 1.807) is 0 Å². The highest BCUT2D eigenvalue weighted by atomic mass is 32.1. The molecule has 0 spiro atoms. The van der Waals surface area contributed by atoms with Gasteiger partial charge in [-0.25, -0.2) is 0 Å². The minimum atomic E-state index is 0.794. The Morgan fingerprint density at radius 1 is 1.30 bits per heavy atom. The molecular weight excluding hydrogens is 264 g/mol. The van der Waals surface area contributed by atoms with Crippen LogP contribution in [-0.4, -0.2) is 24.5 Å². The molecule has 1 heterocycles. The Morgan fingerprint density at radius 2 is 2.10 bits per heavy atom. The third kappa shape index (κ3) is 4.87. The quantitative estimate of drug-likeness (QED) is 0.756. The normalized spacial score (nSPS) is 23.4. The molecule has 1 aromatic heterocycles. The monoisotopic (exact) mass is 294 g/mol. The second-order valence-electron chi connectivity index (χ2n) is 6.39. The third-order valence-corrected chi connectivity index (χ3v) is 5.45. The molecule has 0 saturated heterocycles. The highest BCUT2D eigenvalue weighted by Crippen LogP contribution is 2.28. The van der Waals surface area contributed by atoms with E-state index in [4.69, 9.17) is 0 Å². The first-order valence-corrected chi connectivity index (χ1v) is 8.99. The first kappa shape index (κ1) is 16.0. The maximum Gasteiger partial charge on any atom is 0.0327 e. The zero-order valence-corrected chi connectivity index (χ0v) is 14.1. The fourth-order valence-corrected chi connectivity index (χ4v) is 4.22. The molecule has 0 radical (unpaired) electrons. The minimum Gasteiger partial charge on any atom is -0.312 e. The summed E-state index contributed by atoms with van der Waals surface area (Å²) in [6.07, 6.45) is 6.81. The number of nitrogens with zero attached hydrogens (tertiary/aromatic N) is 1. The lowest BCUT2D eigenvalue weighted by atomic mass is 9.86. The van der Waals surface area contributed by atoms with Gasteiger partial charge in [-0.15, -0.1) is 11.3 Å². The van der Waals surface area contributed by atoms with E-state index in [-0.39, 0.29) is 0 Å². The van der Waals surface area contributed by atoms with Crippen molar-refractivity contribution >= 4 is 11.3 Å². The van der Waals surface area contributed by atoms with E-state index in [1.807, 2.05) is 11.3 Å². The molecule has 0 bridgehead atoms. The summed E-state index contributed by atoms with van der Waals surface area (Å²) in [5.41, 5.74) is 0.